The van der Waals surface area contributed by atoms with E-state index in [2.05, 4.69) is 19.2 Å². The topological polar surface area (TPSA) is 55.1 Å². The summed E-state index contributed by atoms with van der Waals surface area (Å²) in [6.45, 7) is 5.52. The minimum Gasteiger partial charge on any atom is -0.354 e. The zero-order chi connectivity index (χ0) is 11.3. The Kier molecular flexibility index (Phi) is 4.58. The third-order valence-electron chi connectivity index (χ3n) is 3.27. The van der Waals surface area contributed by atoms with Crippen LogP contribution in [0.25, 0.3) is 0 Å². The van der Waals surface area contributed by atoms with E-state index in [-0.39, 0.29) is 11.3 Å². The summed E-state index contributed by atoms with van der Waals surface area (Å²) in [5.74, 6) is 0.825. The van der Waals surface area contributed by atoms with Gasteiger partial charge in [-0.05, 0) is 25.2 Å². The number of carbonyl (C=O) groups is 1. The Morgan fingerprint density at radius 2 is 2.00 bits per heavy atom. The first-order valence-corrected chi connectivity index (χ1v) is 6.09. The number of hydrogen-bond acceptors (Lipinski definition) is 2. The zero-order valence-electron chi connectivity index (χ0n) is 10.0. The van der Waals surface area contributed by atoms with Gasteiger partial charge in [0.1, 0.15) is 0 Å². The summed E-state index contributed by atoms with van der Waals surface area (Å²) in [6, 6.07) is 0. The highest BCUT2D eigenvalue weighted by molar-refractivity contribution is 5.82. The molecular formula is C12H24N2O. The molecule has 1 saturated carbocycles. The molecule has 0 saturated heterocycles. The lowest BCUT2D eigenvalue weighted by molar-refractivity contribution is -0.131. The Morgan fingerprint density at radius 1 is 1.40 bits per heavy atom. The number of hydrogen-bond donors (Lipinski definition) is 2. The number of carbonyl (C=O) groups excluding carboxylic acids is 1. The third kappa shape index (κ3) is 3.20. The molecule has 15 heavy (non-hydrogen) atoms. The lowest BCUT2D eigenvalue weighted by Crippen LogP contribution is -2.42. The molecule has 88 valence electrons. The predicted molar refractivity (Wildman–Crippen MR) is 62.4 cm³/mol. The van der Waals surface area contributed by atoms with Crippen LogP contribution in [0.15, 0.2) is 0 Å². The standard InChI is InChI=1S/C12H24N2O/c1-10(2)9-12(5-3-4-6-12)11(15)14-8-7-13/h10H,3-9,13H2,1-2H3,(H,14,15). The van der Waals surface area contributed by atoms with Crippen LogP contribution in [0.1, 0.15) is 46.0 Å². The molecule has 0 aromatic heterocycles. The zero-order valence-corrected chi connectivity index (χ0v) is 10.0. The molecule has 0 radical (unpaired) electrons. The second kappa shape index (κ2) is 5.50. The molecule has 0 heterocycles. The van der Waals surface area contributed by atoms with Crippen molar-refractivity contribution in [1.82, 2.24) is 5.32 Å². The smallest absolute Gasteiger partial charge is 0.226 e. The largest absolute Gasteiger partial charge is 0.354 e. The van der Waals surface area contributed by atoms with Crippen molar-refractivity contribution >= 4 is 5.91 Å². The molecule has 0 aliphatic heterocycles. The van der Waals surface area contributed by atoms with Crippen molar-refractivity contribution < 1.29 is 4.79 Å². The van der Waals surface area contributed by atoms with Gasteiger partial charge in [0.15, 0.2) is 0 Å². The van der Waals surface area contributed by atoms with Crippen molar-refractivity contribution in [2.24, 2.45) is 17.1 Å². The van der Waals surface area contributed by atoms with E-state index in [0.29, 0.717) is 19.0 Å². The second-order valence-corrected chi connectivity index (χ2v) is 5.13. The van der Waals surface area contributed by atoms with Gasteiger partial charge >= 0.3 is 0 Å². The van der Waals surface area contributed by atoms with Crippen molar-refractivity contribution in [3.8, 4) is 0 Å². The molecular weight excluding hydrogens is 188 g/mol. The van der Waals surface area contributed by atoms with Crippen LogP contribution in [0, 0.1) is 11.3 Å². The fourth-order valence-electron chi connectivity index (χ4n) is 2.73. The Hall–Kier alpha value is -0.570. The van der Waals surface area contributed by atoms with Crippen LogP contribution in [0.4, 0.5) is 0 Å². The highest BCUT2D eigenvalue weighted by Crippen LogP contribution is 2.43. The molecule has 3 heteroatoms. The van der Waals surface area contributed by atoms with E-state index in [1.165, 1.54) is 12.8 Å². The molecule has 0 aromatic rings. The molecule has 1 fully saturated rings. The molecule has 0 atom stereocenters. The van der Waals surface area contributed by atoms with Crippen molar-refractivity contribution in [2.45, 2.75) is 46.0 Å². The molecule has 0 unspecified atom stereocenters. The van der Waals surface area contributed by atoms with Crippen LogP contribution >= 0.6 is 0 Å². The maximum absolute atomic E-state index is 12.1. The van der Waals surface area contributed by atoms with Crippen molar-refractivity contribution in [2.75, 3.05) is 13.1 Å². The van der Waals surface area contributed by atoms with Gasteiger partial charge in [0.05, 0.1) is 0 Å². The van der Waals surface area contributed by atoms with Gasteiger partial charge in [0, 0.05) is 18.5 Å². The summed E-state index contributed by atoms with van der Waals surface area (Å²) in [4.78, 5) is 12.1. The molecule has 1 aliphatic carbocycles. The highest BCUT2D eigenvalue weighted by Gasteiger charge is 2.40. The quantitative estimate of drug-likeness (QED) is 0.728. The molecule has 1 rings (SSSR count). The molecule has 1 amide bonds. The van der Waals surface area contributed by atoms with E-state index in [0.717, 1.165) is 19.3 Å². The van der Waals surface area contributed by atoms with Crippen LogP contribution in [0.3, 0.4) is 0 Å². The van der Waals surface area contributed by atoms with Crippen molar-refractivity contribution in [3.63, 3.8) is 0 Å². The Bertz CT molecular complexity index is 208. The fraction of sp³-hybridized carbons (Fsp3) is 0.917. The van der Waals surface area contributed by atoms with E-state index < -0.39 is 0 Å². The molecule has 3 N–H and O–H groups in total. The van der Waals surface area contributed by atoms with E-state index in [1.807, 2.05) is 0 Å². The molecule has 3 nitrogen and oxygen atoms in total. The van der Waals surface area contributed by atoms with Gasteiger partial charge in [-0.2, -0.15) is 0 Å². The number of nitrogens with one attached hydrogen (secondary N) is 1. The molecule has 0 aromatic carbocycles. The van der Waals surface area contributed by atoms with Crippen molar-refractivity contribution in [3.05, 3.63) is 0 Å². The van der Waals surface area contributed by atoms with E-state index in [9.17, 15) is 4.79 Å². The normalized spacial score (nSPS) is 19.5. The van der Waals surface area contributed by atoms with Crippen molar-refractivity contribution in [1.29, 1.82) is 0 Å². The summed E-state index contributed by atoms with van der Waals surface area (Å²) in [5, 5.41) is 2.96. The summed E-state index contributed by atoms with van der Waals surface area (Å²) in [6.07, 6.45) is 5.53. The lowest BCUT2D eigenvalue weighted by atomic mass is 9.77. The Labute approximate surface area is 92.8 Å². The first-order valence-electron chi connectivity index (χ1n) is 6.09. The first kappa shape index (κ1) is 12.5. The van der Waals surface area contributed by atoms with Gasteiger partial charge in [-0.15, -0.1) is 0 Å². The summed E-state index contributed by atoms with van der Waals surface area (Å²) < 4.78 is 0. The van der Waals surface area contributed by atoms with E-state index in [4.69, 9.17) is 5.73 Å². The van der Waals surface area contributed by atoms with Crippen LogP contribution in [-0.4, -0.2) is 19.0 Å². The maximum atomic E-state index is 12.1. The molecule has 1 aliphatic rings. The van der Waals surface area contributed by atoms with Gasteiger partial charge in [0.2, 0.25) is 5.91 Å². The van der Waals surface area contributed by atoms with Gasteiger partial charge in [0.25, 0.3) is 0 Å². The maximum Gasteiger partial charge on any atom is 0.226 e. The van der Waals surface area contributed by atoms with Gasteiger partial charge < -0.3 is 11.1 Å². The van der Waals surface area contributed by atoms with Gasteiger partial charge in [-0.3, -0.25) is 4.79 Å². The third-order valence-corrected chi connectivity index (χ3v) is 3.27. The average molecular weight is 212 g/mol. The van der Waals surface area contributed by atoms with E-state index in [1.54, 1.807) is 0 Å². The van der Waals surface area contributed by atoms with Crippen LogP contribution in [0.2, 0.25) is 0 Å². The van der Waals surface area contributed by atoms with Crippen LogP contribution in [-0.2, 0) is 4.79 Å². The first-order chi connectivity index (χ1) is 7.10. The Morgan fingerprint density at radius 3 is 2.47 bits per heavy atom. The highest BCUT2D eigenvalue weighted by atomic mass is 16.2. The Balaban J connectivity index is 2.59. The summed E-state index contributed by atoms with van der Waals surface area (Å²) in [7, 11) is 0. The fourth-order valence-corrected chi connectivity index (χ4v) is 2.73. The monoisotopic (exact) mass is 212 g/mol. The lowest BCUT2D eigenvalue weighted by Gasteiger charge is -2.29. The predicted octanol–water partition coefficient (Wildman–Crippen LogP) is 1.67. The minimum atomic E-state index is -0.0800. The van der Waals surface area contributed by atoms with Gasteiger partial charge in [-0.25, -0.2) is 0 Å². The van der Waals surface area contributed by atoms with E-state index >= 15 is 0 Å². The minimum absolute atomic E-state index is 0.0800. The average Bonchev–Trinajstić information content (AvgIpc) is 2.62. The van der Waals surface area contributed by atoms with Crippen LogP contribution < -0.4 is 11.1 Å². The van der Waals surface area contributed by atoms with Gasteiger partial charge in [-0.1, -0.05) is 26.7 Å². The number of nitrogens with two attached hydrogens (primary N) is 1. The SMILES string of the molecule is CC(C)CC1(C(=O)NCCN)CCCC1. The molecule has 0 spiro atoms. The number of rotatable bonds is 5. The number of amides is 1. The van der Waals surface area contributed by atoms with Crippen LogP contribution in [0.5, 0.6) is 0 Å². The summed E-state index contributed by atoms with van der Waals surface area (Å²) in [5.41, 5.74) is 5.33. The summed E-state index contributed by atoms with van der Waals surface area (Å²) >= 11 is 0. The molecule has 0 bridgehead atoms. The second-order valence-electron chi connectivity index (χ2n) is 5.13.